The summed E-state index contributed by atoms with van der Waals surface area (Å²) in [5, 5.41) is 23.9. The van der Waals surface area contributed by atoms with E-state index in [2.05, 4.69) is 15.5 Å². The van der Waals surface area contributed by atoms with E-state index in [0.717, 1.165) is 11.8 Å². The standard InChI is InChI=1S/C14H12N4O4/c1-9-3-2-4-13(19)11(9)8-16-17-14(20)12-6-5-10(7-15-12)18(21)22/h2-8,19H,1H3,(H,17,20). The molecule has 0 atom stereocenters. The van der Waals surface area contributed by atoms with Gasteiger partial charge in [-0.1, -0.05) is 12.1 Å². The number of nitrogens with zero attached hydrogens (tertiary/aromatic N) is 3. The van der Waals surface area contributed by atoms with Crippen LogP contribution in [0, 0.1) is 17.0 Å². The summed E-state index contributed by atoms with van der Waals surface area (Å²) in [6.45, 7) is 1.79. The van der Waals surface area contributed by atoms with Crippen LogP contribution in [-0.2, 0) is 0 Å². The highest BCUT2D eigenvalue weighted by atomic mass is 16.6. The van der Waals surface area contributed by atoms with Crippen LogP contribution in [0.1, 0.15) is 21.6 Å². The Balaban J connectivity index is 2.06. The minimum Gasteiger partial charge on any atom is -0.507 e. The molecule has 22 heavy (non-hydrogen) atoms. The van der Waals surface area contributed by atoms with Gasteiger partial charge < -0.3 is 5.11 Å². The van der Waals surface area contributed by atoms with Crippen LogP contribution in [0.25, 0.3) is 0 Å². The maximum absolute atomic E-state index is 11.8. The molecule has 1 heterocycles. The molecule has 0 fully saturated rings. The van der Waals surface area contributed by atoms with Crippen molar-refractivity contribution in [2.24, 2.45) is 5.10 Å². The summed E-state index contributed by atoms with van der Waals surface area (Å²) < 4.78 is 0. The Morgan fingerprint density at radius 3 is 2.77 bits per heavy atom. The Bertz CT molecular complexity index is 721. The van der Waals surface area contributed by atoms with Crippen LogP contribution < -0.4 is 5.43 Å². The number of aromatic hydroxyl groups is 1. The zero-order chi connectivity index (χ0) is 16.1. The Kier molecular flexibility index (Phi) is 4.42. The van der Waals surface area contributed by atoms with E-state index >= 15 is 0 Å². The molecular weight excluding hydrogens is 288 g/mol. The van der Waals surface area contributed by atoms with Gasteiger partial charge in [0.2, 0.25) is 0 Å². The average Bonchev–Trinajstić information content (AvgIpc) is 2.50. The zero-order valence-electron chi connectivity index (χ0n) is 11.6. The lowest BCUT2D eigenvalue weighted by Gasteiger charge is -2.02. The minimum absolute atomic E-state index is 0.00300. The Labute approximate surface area is 125 Å². The van der Waals surface area contributed by atoms with Crippen LogP contribution in [0.2, 0.25) is 0 Å². The van der Waals surface area contributed by atoms with Crippen molar-refractivity contribution < 1.29 is 14.8 Å². The van der Waals surface area contributed by atoms with Crippen LogP contribution in [0.3, 0.4) is 0 Å². The lowest BCUT2D eigenvalue weighted by atomic mass is 10.1. The molecule has 0 saturated heterocycles. The number of aromatic nitrogens is 1. The number of amides is 1. The van der Waals surface area contributed by atoms with Gasteiger partial charge in [0.25, 0.3) is 11.6 Å². The van der Waals surface area contributed by atoms with Crippen LogP contribution in [0.4, 0.5) is 5.69 Å². The van der Waals surface area contributed by atoms with Crippen LogP contribution in [0.15, 0.2) is 41.6 Å². The van der Waals surface area contributed by atoms with Crippen molar-refractivity contribution in [2.75, 3.05) is 0 Å². The molecule has 0 radical (unpaired) electrons. The molecule has 112 valence electrons. The fourth-order valence-corrected chi connectivity index (χ4v) is 1.67. The first-order valence-corrected chi connectivity index (χ1v) is 6.21. The molecular formula is C14H12N4O4. The minimum atomic E-state index is -0.612. The highest BCUT2D eigenvalue weighted by molar-refractivity contribution is 5.93. The molecule has 0 aliphatic rings. The van der Waals surface area contributed by atoms with Crippen molar-refractivity contribution in [2.45, 2.75) is 6.92 Å². The van der Waals surface area contributed by atoms with Crippen molar-refractivity contribution in [3.63, 3.8) is 0 Å². The van der Waals surface area contributed by atoms with Gasteiger partial charge >= 0.3 is 0 Å². The van der Waals surface area contributed by atoms with Gasteiger partial charge in [0.1, 0.15) is 17.6 Å². The predicted molar refractivity (Wildman–Crippen MR) is 78.8 cm³/mol. The second kappa shape index (κ2) is 6.44. The monoisotopic (exact) mass is 300 g/mol. The van der Waals surface area contributed by atoms with E-state index in [4.69, 9.17) is 0 Å². The number of carbonyl (C=O) groups excluding carboxylic acids is 1. The number of rotatable bonds is 4. The molecule has 1 aromatic heterocycles. The predicted octanol–water partition coefficient (Wildman–Crippen LogP) is 1.77. The summed E-state index contributed by atoms with van der Waals surface area (Å²) in [6.07, 6.45) is 2.31. The lowest BCUT2D eigenvalue weighted by Crippen LogP contribution is -2.19. The first kappa shape index (κ1) is 15.1. The van der Waals surface area contributed by atoms with E-state index in [-0.39, 0.29) is 17.1 Å². The second-order valence-electron chi connectivity index (χ2n) is 4.37. The summed E-state index contributed by atoms with van der Waals surface area (Å²) in [5.41, 5.74) is 3.31. The van der Waals surface area contributed by atoms with E-state index in [1.807, 2.05) is 0 Å². The smallest absolute Gasteiger partial charge is 0.289 e. The van der Waals surface area contributed by atoms with Gasteiger partial charge in [0.05, 0.1) is 11.1 Å². The first-order chi connectivity index (χ1) is 10.5. The number of phenols is 1. The Morgan fingerprint density at radius 2 is 2.18 bits per heavy atom. The number of benzene rings is 1. The summed E-state index contributed by atoms with van der Waals surface area (Å²) in [6, 6.07) is 7.41. The van der Waals surface area contributed by atoms with Gasteiger partial charge in [-0.15, -0.1) is 0 Å². The van der Waals surface area contributed by atoms with Crippen LogP contribution >= 0.6 is 0 Å². The fraction of sp³-hybridized carbons (Fsp3) is 0.0714. The topological polar surface area (TPSA) is 118 Å². The molecule has 2 rings (SSSR count). The number of nitrogens with one attached hydrogen (secondary N) is 1. The second-order valence-corrected chi connectivity index (χ2v) is 4.37. The molecule has 0 unspecified atom stereocenters. The molecule has 0 bridgehead atoms. The zero-order valence-corrected chi connectivity index (χ0v) is 11.6. The highest BCUT2D eigenvalue weighted by Gasteiger charge is 2.10. The summed E-state index contributed by atoms with van der Waals surface area (Å²) in [4.78, 5) is 25.3. The lowest BCUT2D eigenvalue weighted by molar-refractivity contribution is -0.385. The largest absolute Gasteiger partial charge is 0.507 e. The highest BCUT2D eigenvalue weighted by Crippen LogP contribution is 2.17. The summed E-state index contributed by atoms with van der Waals surface area (Å²) >= 11 is 0. The normalized spacial score (nSPS) is 10.6. The van der Waals surface area contributed by atoms with Crippen molar-refractivity contribution in [3.8, 4) is 5.75 Å². The number of hydrogen-bond acceptors (Lipinski definition) is 6. The van der Waals surface area contributed by atoms with E-state index in [9.17, 15) is 20.0 Å². The van der Waals surface area contributed by atoms with Gasteiger partial charge in [-0.2, -0.15) is 5.10 Å². The SMILES string of the molecule is Cc1cccc(O)c1C=NNC(=O)c1ccc([N+](=O)[O-])cn1. The Hall–Kier alpha value is -3.29. The van der Waals surface area contributed by atoms with Gasteiger partial charge in [0, 0.05) is 11.6 Å². The molecule has 2 aromatic rings. The number of hydrogen-bond donors (Lipinski definition) is 2. The third kappa shape index (κ3) is 3.42. The number of nitro groups is 1. The van der Waals surface area contributed by atoms with Gasteiger partial charge in [0.15, 0.2) is 0 Å². The molecule has 1 amide bonds. The van der Waals surface area contributed by atoms with E-state index in [1.54, 1.807) is 19.1 Å². The van der Waals surface area contributed by atoms with Gasteiger partial charge in [-0.3, -0.25) is 14.9 Å². The van der Waals surface area contributed by atoms with Crippen LogP contribution in [0.5, 0.6) is 5.75 Å². The molecule has 1 aromatic carbocycles. The third-order valence-electron chi connectivity index (χ3n) is 2.85. The summed E-state index contributed by atoms with van der Waals surface area (Å²) in [7, 11) is 0. The number of phenolic OH excluding ortho intramolecular Hbond substituents is 1. The molecule has 8 heteroatoms. The number of carbonyl (C=O) groups is 1. The van der Waals surface area contributed by atoms with E-state index in [0.29, 0.717) is 5.56 Å². The molecule has 0 spiro atoms. The maximum atomic E-state index is 11.8. The molecule has 8 nitrogen and oxygen atoms in total. The molecule has 0 saturated carbocycles. The van der Waals surface area contributed by atoms with E-state index < -0.39 is 10.8 Å². The quantitative estimate of drug-likeness (QED) is 0.507. The van der Waals surface area contributed by atoms with Gasteiger partial charge in [-0.05, 0) is 24.6 Å². The number of aryl methyl sites for hydroxylation is 1. The first-order valence-electron chi connectivity index (χ1n) is 6.21. The molecule has 0 aliphatic heterocycles. The summed E-state index contributed by atoms with van der Waals surface area (Å²) in [5.74, 6) is -0.564. The maximum Gasteiger partial charge on any atom is 0.289 e. The van der Waals surface area contributed by atoms with Gasteiger partial charge in [-0.25, -0.2) is 10.4 Å². The van der Waals surface area contributed by atoms with Crippen LogP contribution in [-0.4, -0.2) is 27.1 Å². The Morgan fingerprint density at radius 1 is 1.41 bits per heavy atom. The molecule has 2 N–H and O–H groups in total. The fourth-order valence-electron chi connectivity index (χ4n) is 1.67. The van der Waals surface area contributed by atoms with Crippen molar-refractivity contribution in [1.82, 2.24) is 10.4 Å². The van der Waals surface area contributed by atoms with Crippen molar-refractivity contribution >= 4 is 17.8 Å². The average molecular weight is 300 g/mol. The molecule has 0 aliphatic carbocycles. The van der Waals surface area contributed by atoms with E-state index in [1.165, 1.54) is 24.4 Å². The number of pyridine rings is 1. The number of hydrazone groups is 1. The third-order valence-corrected chi connectivity index (χ3v) is 2.85. The van der Waals surface area contributed by atoms with Crippen molar-refractivity contribution in [3.05, 3.63) is 63.5 Å². The van der Waals surface area contributed by atoms with Crippen molar-refractivity contribution in [1.29, 1.82) is 0 Å².